The predicted octanol–water partition coefficient (Wildman–Crippen LogP) is 4.56. The number of rotatable bonds is 5. The topological polar surface area (TPSA) is 21.3 Å². The fourth-order valence-electron chi connectivity index (χ4n) is 1.85. The maximum atomic E-state index is 5.69. The zero-order valence-electron chi connectivity index (χ0n) is 11.2. The van der Waals surface area contributed by atoms with Gasteiger partial charge in [0.25, 0.3) is 0 Å². The van der Waals surface area contributed by atoms with Crippen LogP contribution in [-0.2, 0) is 0 Å². The fourth-order valence-corrected chi connectivity index (χ4v) is 2.23. The normalized spacial score (nSPS) is 10.3. The first-order valence-corrected chi connectivity index (χ1v) is 7.14. The second-order valence-electron chi connectivity index (χ2n) is 4.48. The van der Waals surface area contributed by atoms with Gasteiger partial charge in [-0.05, 0) is 49.2 Å². The summed E-state index contributed by atoms with van der Waals surface area (Å²) >= 11 is 3.43. The van der Waals surface area contributed by atoms with Crippen molar-refractivity contribution in [2.75, 3.05) is 18.5 Å². The predicted molar refractivity (Wildman–Crippen MR) is 84.0 cm³/mol. The van der Waals surface area contributed by atoms with Crippen LogP contribution in [0.3, 0.4) is 0 Å². The molecule has 3 heteroatoms. The molecule has 0 radical (unpaired) electrons. The number of anilines is 1. The van der Waals surface area contributed by atoms with Crippen molar-refractivity contribution in [3.05, 3.63) is 58.1 Å². The van der Waals surface area contributed by atoms with Crippen LogP contribution in [0.25, 0.3) is 0 Å². The second-order valence-corrected chi connectivity index (χ2v) is 5.40. The van der Waals surface area contributed by atoms with E-state index in [1.807, 2.05) is 24.3 Å². The molecule has 0 atom stereocenters. The average Bonchev–Trinajstić information content (AvgIpc) is 2.39. The Balaban J connectivity index is 1.82. The van der Waals surface area contributed by atoms with E-state index in [1.54, 1.807) is 0 Å². The van der Waals surface area contributed by atoms with Gasteiger partial charge in [0, 0.05) is 16.7 Å². The van der Waals surface area contributed by atoms with Crippen molar-refractivity contribution in [1.29, 1.82) is 0 Å². The number of aryl methyl sites for hydroxylation is 1. The van der Waals surface area contributed by atoms with E-state index in [9.17, 15) is 0 Å². The van der Waals surface area contributed by atoms with Crippen molar-refractivity contribution in [3.63, 3.8) is 0 Å². The maximum Gasteiger partial charge on any atom is 0.120 e. The summed E-state index contributed by atoms with van der Waals surface area (Å²) in [4.78, 5) is 0. The minimum atomic E-state index is 0.643. The Labute approximate surface area is 122 Å². The number of hydrogen-bond donors (Lipinski definition) is 1. The maximum absolute atomic E-state index is 5.69. The van der Waals surface area contributed by atoms with Gasteiger partial charge in [0.15, 0.2) is 0 Å². The van der Waals surface area contributed by atoms with Gasteiger partial charge >= 0.3 is 0 Å². The molecule has 0 saturated carbocycles. The molecule has 2 nitrogen and oxygen atoms in total. The molecule has 2 aromatic carbocycles. The third-order valence-electron chi connectivity index (χ3n) is 3.09. The van der Waals surface area contributed by atoms with Crippen molar-refractivity contribution in [2.45, 2.75) is 13.8 Å². The smallest absolute Gasteiger partial charge is 0.120 e. The van der Waals surface area contributed by atoms with Crippen LogP contribution in [-0.4, -0.2) is 13.2 Å². The summed E-state index contributed by atoms with van der Waals surface area (Å²) in [6, 6.07) is 14.2. The molecular formula is C16H18BrNO. The molecule has 1 N–H and O–H groups in total. The molecule has 0 fully saturated rings. The van der Waals surface area contributed by atoms with Crippen LogP contribution in [0.1, 0.15) is 11.1 Å². The van der Waals surface area contributed by atoms with Gasteiger partial charge in [-0.25, -0.2) is 0 Å². The van der Waals surface area contributed by atoms with E-state index in [0.717, 1.165) is 16.8 Å². The molecule has 0 bridgehead atoms. The van der Waals surface area contributed by atoms with Gasteiger partial charge in [-0.1, -0.05) is 34.1 Å². The lowest BCUT2D eigenvalue weighted by molar-refractivity contribution is 0.332. The highest BCUT2D eigenvalue weighted by molar-refractivity contribution is 9.10. The minimum absolute atomic E-state index is 0.643. The number of halogens is 1. The Kier molecular flexibility index (Phi) is 4.86. The SMILES string of the molecule is Cc1cccc(NCCOc2cccc(Br)c2)c1C. The van der Waals surface area contributed by atoms with Gasteiger partial charge in [0.1, 0.15) is 12.4 Å². The highest BCUT2D eigenvalue weighted by atomic mass is 79.9. The van der Waals surface area contributed by atoms with Crippen molar-refractivity contribution < 1.29 is 4.74 Å². The van der Waals surface area contributed by atoms with Gasteiger partial charge < -0.3 is 10.1 Å². The minimum Gasteiger partial charge on any atom is -0.492 e. The van der Waals surface area contributed by atoms with E-state index in [0.29, 0.717) is 6.61 Å². The van der Waals surface area contributed by atoms with E-state index in [1.165, 1.54) is 16.8 Å². The Bertz CT molecular complexity index is 554. The number of nitrogens with one attached hydrogen (secondary N) is 1. The van der Waals surface area contributed by atoms with Crippen LogP contribution in [0.4, 0.5) is 5.69 Å². The number of hydrogen-bond acceptors (Lipinski definition) is 2. The van der Waals surface area contributed by atoms with E-state index in [4.69, 9.17) is 4.74 Å². The molecule has 0 unspecified atom stereocenters. The van der Waals surface area contributed by atoms with E-state index in [-0.39, 0.29) is 0 Å². The Hall–Kier alpha value is -1.48. The molecule has 0 saturated heterocycles. The van der Waals surface area contributed by atoms with Crippen LogP contribution in [0.2, 0.25) is 0 Å². The molecule has 0 amide bonds. The molecule has 100 valence electrons. The van der Waals surface area contributed by atoms with Crippen molar-refractivity contribution in [1.82, 2.24) is 0 Å². The second kappa shape index (κ2) is 6.62. The summed E-state index contributed by atoms with van der Waals surface area (Å²) in [5.74, 6) is 0.886. The Morgan fingerprint density at radius 1 is 1.11 bits per heavy atom. The van der Waals surface area contributed by atoms with Gasteiger partial charge in [-0.3, -0.25) is 0 Å². The summed E-state index contributed by atoms with van der Waals surface area (Å²) in [7, 11) is 0. The number of benzene rings is 2. The van der Waals surface area contributed by atoms with Crippen LogP contribution in [0.5, 0.6) is 5.75 Å². The van der Waals surface area contributed by atoms with Crippen molar-refractivity contribution >= 4 is 21.6 Å². The molecule has 0 spiro atoms. The highest BCUT2D eigenvalue weighted by Gasteiger charge is 2.00. The number of ether oxygens (including phenoxy) is 1. The fraction of sp³-hybridized carbons (Fsp3) is 0.250. The van der Waals surface area contributed by atoms with Crippen molar-refractivity contribution in [2.24, 2.45) is 0 Å². The lowest BCUT2D eigenvalue weighted by atomic mass is 10.1. The van der Waals surface area contributed by atoms with Crippen molar-refractivity contribution in [3.8, 4) is 5.75 Å². The largest absolute Gasteiger partial charge is 0.492 e. The zero-order chi connectivity index (χ0) is 13.7. The molecule has 0 aliphatic heterocycles. The first-order valence-electron chi connectivity index (χ1n) is 6.35. The van der Waals surface area contributed by atoms with Gasteiger partial charge in [-0.2, -0.15) is 0 Å². The zero-order valence-corrected chi connectivity index (χ0v) is 12.8. The van der Waals surface area contributed by atoms with Gasteiger partial charge in [0.2, 0.25) is 0 Å². The first kappa shape index (κ1) is 13.9. The van der Waals surface area contributed by atoms with Crippen LogP contribution in [0.15, 0.2) is 46.9 Å². The summed E-state index contributed by atoms with van der Waals surface area (Å²) < 4.78 is 6.72. The lowest BCUT2D eigenvalue weighted by Crippen LogP contribution is -2.12. The molecule has 19 heavy (non-hydrogen) atoms. The van der Waals surface area contributed by atoms with Gasteiger partial charge in [-0.15, -0.1) is 0 Å². The summed E-state index contributed by atoms with van der Waals surface area (Å²) in [5, 5.41) is 3.40. The standard InChI is InChI=1S/C16H18BrNO/c1-12-5-3-8-16(13(12)2)18-9-10-19-15-7-4-6-14(17)11-15/h3-8,11,18H,9-10H2,1-2H3. The third kappa shape index (κ3) is 4.00. The molecule has 2 aromatic rings. The molecule has 0 aromatic heterocycles. The lowest BCUT2D eigenvalue weighted by Gasteiger charge is -2.12. The Morgan fingerprint density at radius 3 is 2.68 bits per heavy atom. The molecule has 0 aliphatic rings. The molecule has 0 heterocycles. The van der Waals surface area contributed by atoms with Crippen LogP contribution < -0.4 is 10.1 Å². The van der Waals surface area contributed by atoms with E-state index in [2.05, 4.69) is 53.3 Å². The van der Waals surface area contributed by atoms with Crippen LogP contribution >= 0.6 is 15.9 Å². The van der Waals surface area contributed by atoms with E-state index >= 15 is 0 Å². The highest BCUT2D eigenvalue weighted by Crippen LogP contribution is 2.19. The molecule has 0 aliphatic carbocycles. The summed E-state index contributed by atoms with van der Waals surface area (Å²) in [5.41, 5.74) is 3.78. The molecular weight excluding hydrogens is 302 g/mol. The quantitative estimate of drug-likeness (QED) is 0.816. The summed E-state index contributed by atoms with van der Waals surface area (Å²) in [6.45, 7) is 5.69. The monoisotopic (exact) mass is 319 g/mol. The van der Waals surface area contributed by atoms with Gasteiger partial charge in [0.05, 0.1) is 0 Å². The average molecular weight is 320 g/mol. The Morgan fingerprint density at radius 2 is 1.89 bits per heavy atom. The van der Waals surface area contributed by atoms with Crippen LogP contribution in [0, 0.1) is 13.8 Å². The van der Waals surface area contributed by atoms with E-state index < -0.39 is 0 Å². The summed E-state index contributed by atoms with van der Waals surface area (Å²) in [6.07, 6.45) is 0. The third-order valence-corrected chi connectivity index (χ3v) is 3.58. The molecule has 2 rings (SSSR count). The first-order chi connectivity index (χ1) is 9.16.